The smallest absolute Gasteiger partial charge is 0.382 e. The van der Waals surface area contributed by atoms with E-state index in [2.05, 4.69) is 5.09 Å². The van der Waals surface area contributed by atoms with E-state index in [1.54, 1.807) is 30.3 Å². The Morgan fingerprint density at radius 3 is 2.21 bits per heavy atom. The molecular weight excluding hydrogens is 465 g/mol. The third-order valence-corrected chi connectivity index (χ3v) is 5.68. The summed E-state index contributed by atoms with van der Waals surface area (Å²) in [6, 6.07) is 19.7. The zero-order valence-corrected chi connectivity index (χ0v) is 18.8. The van der Waals surface area contributed by atoms with Gasteiger partial charge in [-0.25, -0.2) is 5.09 Å². The molecule has 0 saturated heterocycles. The van der Waals surface area contributed by atoms with Gasteiger partial charge in [-0.05, 0) is 30.7 Å². The van der Waals surface area contributed by atoms with Gasteiger partial charge in [0.2, 0.25) is 5.75 Å². The molecule has 2 atom stereocenters. The fourth-order valence-electron chi connectivity index (χ4n) is 2.64. The van der Waals surface area contributed by atoms with E-state index < -0.39 is 41.8 Å². The van der Waals surface area contributed by atoms with Crippen molar-refractivity contribution in [1.82, 2.24) is 5.09 Å². The van der Waals surface area contributed by atoms with Crippen molar-refractivity contribution in [3.8, 4) is 11.5 Å². The van der Waals surface area contributed by atoms with Crippen LogP contribution in [0, 0.1) is 20.2 Å². The van der Waals surface area contributed by atoms with Crippen LogP contribution in [0.4, 0.5) is 11.4 Å². The van der Waals surface area contributed by atoms with Crippen molar-refractivity contribution in [1.29, 1.82) is 0 Å². The minimum absolute atomic E-state index is 0.0673. The third-order valence-electron chi connectivity index (χ3n) is 4.34. The molecule has 0 heterocycles. The Bertz CT molecular complexity index is 1150. The third kappa shape index (κ3) is 6.96. The van der Waals surface area contributed by atoms with Crippen LogP contribution in [0.3, 0.4) is 0 Å². The monoisotopic (exact) mass is 485 g/mol. The second-order valence-electron chi connectivity index (χ2n) is 6.86. The van der Waals surface area contributed by atoms with Gasteiger partial charge < -0.3 is 13.8 Å². The number of nitro groups is 2. The van der Waals surface area contributed by atoms with Gasteiger partial charge in [0.05, 0.1) is 15.9 Å². The summed E-state index contributed by atoms with van der Waals surface area (Å²) >= 11 is 0. The van der Waals surface area contributed by atoms with Crippen molar-refractivity contribution in [2.75, 3.05) is 0 Å². The molecule has 0 aliphatic carbocycles. The van der Waals surface area contributed by atoms with Crippen molar-refractivity contribution in [2.45, 2.75) is 19.6 Å². The van der Waals surface area contributed by atoms with Crippen LogP contribution in [0.1, 0.15) is 12.5 Å². The van der Waals surface area contributed by atoms with Gasteiger partial charge in [-0.2, -0.15) is 0 Å². The molecule has 0 radical (unpaired) electrons. The first-order valence-electron chi connectivity index (χ1n) is 9.94. The van der Waals surface area contributed by atoms with E-state index >= 15 is 0 Å². The molecule has 0 fully saturated rings. The second kappa shape index (κ2) is 11.7. The van der Waals surface area contributed by atoms with Gasteiger partial charge in [0.1, 0.15) is 18.4 Å². The summed E-state index contributed by atoms with van der Waals surface area (Å²) in [4.78, 5) is 33.4. The number of nitrogens with zero attached hydrogens (tertiary/aromatic N) is 2. The molecule has 0 aromatic heterocycles. The molecule has 3 aromatic carbocycles. The minimum atomic E-state index is -2.14. The summed E-state index contributed by atoms with van der Waals surface area (Å²) in [5, 5.41) is 25.3. The number of carbonyl (C=O) groups excluding carboxylic acids is 1. The molecule has 0 saturated carbocycles. The van der Waals surface area contributed by atoms with Crippen molar-refractivity contribution >= 4 is 25.9 Å². The maximum Gasteiger partial charge on any atom is 0.382 e. The first kappa shape index (κ1) is 24.6. The maximum atomic E-state index is 12.5. The molecule has 0 aliphatic rings. The zero-order valence-electron chi connectivity index (χ0n) is 17.9. The Hall–Kier alpha value is -4.08. The number of nitrogens with one attached hydrogen (secondary N) is 1. The van der Waals surface area contributed by atoms with Gasteiger partial charge in [-0.1, -0.05) is 48.5 Å². The first-order chi connectivity index (χ1) is 16.3. The average Bonchev–Trinajstić information content (AvgIpc) is 2.83. The molecule has 3 aromatic rings. The van der Waals surface area contributed by atoms with Gasteiger partial charge in [0.15, 0.2) is 0 Å². The lowest BCUT2D eigenvalue weighted by atomic mass is 10.2. The quantitative estimate of drug-likeness (QED) is 0.173. The predicted molar refractivity (Wildman–Crippen MR) is 123 cm³/mol. The number of ether oxygens (including phenoxy) is 1. The molecule has 1 N–H and O–H groups in total. The highest BCUT2D eigenvalue weighted by molar-refractivity contribution is 7.45. The summed E-state index contributed by atoms with van der Waals surface area (Å²) in [6.07, 6.45) is 0. The average molecular weight is 485 g/mol. The standard InChI is InChI=1S/C22H20N3O8P/c1-16(22(26)31-15-17-8-4-2-5-9-17)23-34(32-19-10-6-3-7-11-19)33-21-13-12-18(24(27)28)14-20(21)25(29)30/h2-14,16,23H,15H2,1H3. The van der Waals surface area contributed by atoms with E-state index in [4.69, 9.17) is 13.8 Å². The summed E-state index contributed by atoms with van der Waals surface area (Å²) < 4.78 is 16.8. The topological polar surface area (TPSA) is 143 Å². The normalized spacial score (nSPS) is 12.3. The Balaban J connectivity index is 1.76. The number of nitro benzene ring substituents is 2. The van der Waals surface area contributed by atoms with Crippen LogP contribution in [0.25, 0.3) is 0 Å². The van der Waals surface area contributed by atoms with Crippen LogP contribution in [-0.4, -0.2) is 21.9 Å². The molecule has 0 aliphatic heterocycles. The van der Waals surface area contributed by atoms with Crippen molar-refractivity contribution in [3.05, 3.63) is 105 Å². The summed E-state index contributed by atoms with van der Waals surface area (Å²) in [6.45, 7) is 1.60. The molecule has 2 unspecified atom stereocenters. The zero-order chi connectivity index (χ0) is 24.5. The second-order valence-corrected chi connectivity index (χ2v) is 8.00. The molecule has 0 amide bonds. The van der Waals surface area contributed by atoms with Gasteiger partial charge >= 0.3 is 20.2 Å². The van der Waals surface area contributed by atoms with Gasteiger partial charge in [0.25, 0.3) is 5.69 Å². The summed E-state index contributed by atoms with van der Waals surface area (Å²) in [5.74, 6) is -0.458. The molecule has 3 rings (SSSR count). The Kier molecular flexibility index (Phi) is 8.44. The number of carbonyl (C=O) groups is 1. The maximum absolute atomic E-state index is 12.5. The SMILES string of the molecule is CC(NP(Oc1ccccc1)Oc1ccc([N+](=O)[O-])cc1[N+](=O)[O-])C(=O)OCc1ccccc1. The molecule has 176 valence electrons. The highest BCUT2D eigenvalue weighted by Crippen LogP contribution is 2.42. The molecule has 11 nitrogen and oxygen atoms in total. The minimum Gasteiger partial charge on any atom is -0.460 e. The molecule has 34 heavy (non-hydrogen) atoms. The van der Waals surface area contributed by atoms with Gasteiger partial charge in [-0.15, -0.1) is 0 Å². The predicted octanol–water partition coefficient (Wildman–Crippen LogP) is 4.91. The highest BCUT2D eigenvalue weighted by Gasteiger charge is 2.28. The number of hydrogen-bond acceptors (Lipinski definition) is 9. The van der Waals surface area contributed by atoms with Crippen molar-refractivity contribution in [2.24, 2.45) is 0 Å². The Morgan fingerprint density at radius 2 is 1.59 bits per heavy atom. The molecule has 0 bridgehead atoms. The molecule has 12 heteroatoms. The number of para-hydroxylation sites is 1. The van der Waals surface area contributed by atoms with Crippen LogP contribution in [-0.2, 0) is 16.1 Å². The van der Waals surface area contributed by atoms with Gasteiger partial charge in [-0.3, -0.25) is 25.0 Å². The number of benzene rings is 3. The Morgan fingerprint density at radius 1 is 0.941 bits per heavy atom. The fraction of sp³-hybridized carbons (Fsp3) is 0.136. The molecule has 0 spiro atoms. The van der Waals surface area contributed by atoms with Crippen molar-refractivity contribution < 1.29 is 28.4 Å². The largest absolute Gasteiger partial charge is 0.460 e. The van der Waals surface area contributed by atoms with Crippen molar-refractivity contribution in [3.63, 3.8) is 0 Å². The molecular formula is C22H20N3O8P. The van der Waals surface area contributed by atoms with Crippen LogP contribution in [0.5, 0.6) is 11.5 Å². The summed E-state index contributed by atoms with van der Waals surface area (Å²) in [5.41, 5.74) is -0.263. The van der Waals surface area contributed by atoms with E-state index in [-0.39, 0.29) is 12.4 Å². The van der Waals surface area contributed by atoms with E-state index in [1.807, 2.05) is 30.3 Å². The van der Waals surface area contributed by atoms with E-state index in [1.165, 1.54) is 6.92 Å². The first-order valence-corrected chi connectivity index (χ1v) is 11.1. The van der Waals surface area contributed by atoms with Crippen LogP contribution < -0.4 is 14.1 Å². The van der Waals surface area contributed by atoms with E-state index in [0.29, 0.717) is 5.75 Å². The lowest BCUT2D eigenvalue weighted by Gasteiger charge is -2.21. The van der Waals surface area contributed by atoms with E-state index in [9.17, 15) is 25.0 Å². The Labute approximate surface area is 195 Å². The van der Waals surface area contributed by atoms with Crippen LogP contribution >= 0.6 is 8.53 Å². The van der Waals surface area contributed by atoms with Gasteiger partial charge in [0, 0.05) is 6.07 Å². The number of non-ortho nitro benzene ring substituents is 1. The lowest BCUT2D eigenvalue weighted by molar-refractivity contribution is -0.394. The van der Waals surface area contributed by atoms with Crippen LogP contribution in [0.15, 0.2) is 78.9 Å². The van der Waals surface area contributed by atoms with Crippen LogP contribution in [0.2, 0.25) is 0 Å². The fourth-order valence-corrected chi connectivity index (χ4v) is 3.85. The van der Waals surface area contributed by atoms with E-state index in [0.717, 1.165) is 23.8 Å². The summed E-state index contributed by atoms with van der Waals surface area (Å²) in [7, 11) is -2.14. The lowest BCUT2D eigenvalue weighted by Crippen LogP contribution is -2.34. The number of esters is 1. The number of rotatable bonds is 11. The highest BCUT2D eigenvalue weighted by atomic mass is 31.2. The number of hydrogen-bond donors (Lipinski definition) is 1.